The first-order valence-electron chi connectivity index (χ1n) is 16.5. The molecule has 10 nitrogen and oxygen atoms in total. The van der Waals surface area contributed by atoms with E-state index in [1.807, 2.05) is 68.4 Å². The van der Waals surface area contributed by atoms with Crippen LogP contribution in [-0.2, 0) is 32.1 Å². The molecule has 4 amide bonds. The van der Waals surface area contributed by atoms with Crippen molar-refractivity contribution in [1.82, 2.24) is 21.3 Å². The van der Waals surface area contributed by atoms with Crippen LogP contribution in [0.2, 0.25) is 0 Å². The predicted octanol–water partition coefficient (Wildman–Crippen LogP) is 5.48. The number of carbonyl (C=O) groups excluding carboxylic acids is 4. The number of ether oxygens (including phenoxy) is 1. The lowest BCUT2D eigenvalue weighted by Gasteiger charge is -2.28. The van der Waals surface area contributed by atoms with Gasteiger partial charge in [-0.1, -0.05) is 101 Å². The van der Waals surface area contributed by atoms with Gasteiger partial charge in [-0.2, -0.15) is 0 Å². The van der Waals surface area contributed by atoms with E-state index in [4.69, 9.17) is 4.74 Å². The highest BCUT2D eigenvalue weighted by Crippen LogP contribution is 2.20. The summed E-state index contributed by atoms with van der Waals surface area (Å²) in [4.78, 5) is 53.3. The van der Waals surface area contributed by atoms with E-state index in [0.29, 0.717) is 18.5 Å². The van der Waals surface area contributed by atoms with Crippen LogP contribution in [0.5, 0.6) is 5.75 Å². The number of aromatic hydroxyl groups is 1. The molecule has 258 valence electrons. The number of phenolic OH excluding ortho intramolecular Hbond substituents is 1. The van der Waals surface area contributed by atoms with Crippen molar-refractivity contribution in [1.29, 1.82) is 0 Å². The van der Waals surface area contributed by atoms with Crippen molar-refractivity contribution in [2.75, 3.05) is 0 Å². The minimum atomic E-state index is -1.16. The maximum atomic E-state index is 13.7. The van der Waals surface area contributed by atoms with Gasteiger partial charge in [-0.3, -0.25) is 19.7 Å². The number of carbonyl (C=O) groups is 4. The van der Waals surface area contributed by atoms with E-state index in [-0.39, 0.29) is 24.0 Å². The maximum Gasteiger partial charge on any atom is 0.408 e. The van der Waals surface area contributed by atoms with Crippen LogP contribution >= 0.6 is 0 Å². The molecule has 0 spiro atoms. The van der Waals surface area contributed by atoms with Gasteiger partial charge in [-0.25, -0.2) is 4.79 Å². The first-order valence-corrected chi connectivity index (χ1v) is 16.5. The average molecular weight is 659 g/mol. The lowest BCUT2D eigenvalue weighted by atomic mass is 9.97. The smallest absolute Gasteiger partial charge is 0.408 e. The molecule has 10 heteroatoms. The van der Waals surface area contributed by atoms with E-state index in [1.54, 1.807) is 46.8 Å². The number of phenols is 1. The molecule has 0 aromatic heterocycles. The Bertz CT molecular complexity index is 1500. The molecule has 0 saturated carbocycles. The highest BCUT2D eigenvalue weighted by molar-refractivity contribution is 6.02. The fourth-order valence-electron chi connectivity index (χ4n) is 5.06. The summed E-state index contributed by atoms with van der Waals surface area (Å²) < 4.78 is 5.34. The van der Waals surface area contributed by atoms with Gasteiger partial charge < -0.3 is 25.8 Å². The maximum absolute atomic E-state index is 13.7. The molecule has 0 aliphatic carbocycles. The molecular weight excluding hydrogens is 608 g/mol. The van der Waals surface area contributed by atoms with Crippen molar-refractivity contribution in [2.45, 2.75) is 91.6 Å². The summed E-state index contributed by atoms with van der Waals surface area (Å²) in [5.41, 5.74) is 3.06. The van der Waals surface area contributed by atoms with E-state index in [2.05, 4.69) is 21.3 Å². The Morgan fingerprint density at radius 3 is 1.88 bits per heavy atom. The summed E-state index contributed by atoms with van der Waals surface area (Å²) in [6.07, 6.45) is -0.0348. The van der Waals surface area contributed by atoms with Crippen LogP contribution in [0.4, 0.5) is 4.79 Å². The van der Waals surface area contributed by atoms with Crippen molar-refractivity contribution in [3.05, 3.63) is 90.0 Å². The van der Waals surface area contributed by atoms with Crippen LogP contribution in [-0.4, -0.2) is 52.6 Å². The molecule has 0 radical (unpaired) electrons. The zero-order valence-electron chi connectivity index (χ0n) is 29.0. The van der Waals surface area contributed by atoms with Gasteiger partial charge in [0.2, 0.25) is 17.7 Å². The number of alkyl carbamates (subject to hydrolysis) is 1. The van der Waals surface area contributed by atoms with Crippen molar-refractivity contribution in [2.24, 2.45) is 11.8 Å². The number of nitrogens with one attached hydrogen (secondary N) is 4. The molecule has 5 N–H and O–H groups in total. The number of imide groups is 1. The summed E-state index contributed by atoms with van der Waals surface area (Å²) in [5.74, 6) is -2.18. The van der Waals surface area contributed by atoms with Crippen molar-refractivity contribution in [3.8, 4) is 16.9 Å². The molecule has 0 heterocycles. The van der Waals surface area contributed by atoms with Gasteiger partial charge in [0, 0.05) is 13.0 Å². The van der Waals surface area contributed by atoms with Gasteiger partial charge in [0.15, 0.2) is 0 Å². The molecule has 0 aliphatic heterocycles. The summed E-state index contributed by atoms with van der Waals surface area (Å²) in [6, 6.07) is 21.5. The quantitative estimate of drug-likeness (QED) is 0.154. The molecule has 3 aromatic carbocycles. The summed E-state index contributed by atoms with van der Waals surface area (Å²) in [7, 11) is 0. The van der Waals surface area contributed by atoms with Gasteiger partial charge in [-0.05, 0) is 67.0 Å². The average Bonchev–Trinajstić information content (AvgIpc) is 3.03. The molecule has 3 aromatic rings. The van der Waals surface area contributed by atoms with E-state index >= 15 is 0 Å². The van der Waals surface area contributed by atoms with E-state index in [9.17, 15) is 24.3 Å². The first-order chi connectivity index (χ1) is 22.7. The zero-order valence-corrected chi connectivity index (χ0v) is 29.0. The Morgan fingerprint density at radius 2 is 1.31 bits per heavy atom. The Kier molecular flexibility index (Phi) is 13.7. The minimum Gasteiger partial charge on any atom is -0.508 e. The molecule has 0 bridgehead atoms. The molecular formula is C38H50N4O6. The predicted molar refractivity (Wildman–Crippen MR) is 187 cm³/mol. The van der Waals surface area contributed by atoms with Gasteiger partial charge in [0.05, 0.1) is 6.04 Å². The van der Waals surface area contributed by atoms with Gasteiger partial charge in [0.1, 0.15) is 23.4 Å². The normalized spacial score (nSPS) is 13.9. The largest absolute Gasteiger partial charge is 0.508 e. The number of hydrogen-bond acceptors (Lipinski definition) is 7. The van der Waals surface area contributed by atoms with Crippen LogP contribution in [0.1, 0.15) is 66.0 Å². The van der Waals surface area contributed by atoms with Crippen molar-refractivity contribution >= 4 is 23.8 Å². The molecule has 3 rings (SSSR count). The van der Waals surface area contributed by atoms with Crippen molar-refractivity contribution in [3.63, 3.8) is 0 Å². The molecule has 0 aliphatic rings. The van der Waals surface area contributed by atoms with Crippen LogP contribution < -0.4 is 21.3 Å². The Hall–Kier alpha value is -4.70. The highest BCUT2D eigenvalue weighted by atomic mass is 16.6. The van der Waals surface area contributed by atoms with Gasteiger partial charge >= 0.3 is 6.09 Å². The lowest BCUT2D eigenvalue weighted by molar-refractivity contribution is -0.136. The Labute approximate surface area is 284 Å². The first kappa shape index (κ1) is 37.8. The zero-order chi connectivity index (χ0) is 35.4. The van der Waals surface area contributed by atoms with Crippen LogP contribution in [0.25, 0.3) is 11.1 Å². The SMILES string of the molecule is CC[C@H](C)[C@H](NCc1ccc(-c2ccccc2)cc1)C(=O)NC(=O)[C@H](Cc1ccc(O)cc1)NC(=O)[C@@H](NC(=O)OC(C)(C)C)C(C)C. The summed E-state index contributed by atoms with van der Waals surface area (Å²) in [5, 5.41) is 20.9. The highest BCUT2D eigenvalue weighted by Gasteiger charge is 2.32. The minimum absolute atomic E-state index is 0.0393. The standard InChI is InChI=1S/C38H50N4O6/c1-8-25(4)33(39-23-27-14-18-29(19-15-27)28-12-10-9-11-13-28)36(46)42-34(44)31(22-26-16-20-30(43)21-17-26)40-35(45)32(24(2)3)41-37(47)48-38(5,6)7/h9-21,24-25,31-33,39,43H,8,22-23H2,1-7H3,(H,40,45)(H,41,47)(H,42,44,46)/t25-,31-,32-,33-/m0/s1. The van der Waals surface area contributed by atoms with E-state index < -0.39 is 47.5 Å². The van der Waals surface area contributed by atoms with Crippen LogP contribution in [0, 0.1) is 11.8 Å². The third kappa shape index (κ3) is 11.8. The monoisotopic (exact) mass is 658 g/mol. The Morgan fingerprint density at radius 1 is 0.729 bits per heavy atom. The third-order valence-corrected chi connectivity index (χ3v) is 7.96. The molecule has 0 saturated heterocycles. The lowest BCUT2D eigenvalue weighted by Crippen LogP contribution is -2.58. The van der Waals surface area contributed by atoms with Crippen LogP contribution in [0.3, 0.4) is 0 Å². The number of amides is 4. The number of rotatable bonds is 14. The third-order valence-electron chi connectivity index (χ3n) is 7.96. The topological polar surface area (TPSA) is 146 Å². The molecule has 0 unspecified atom stereocenters. The summed E-state index contributed by atoms with van der Waals surface area (Å²) >= 11 is 0. The van der Waals surface area contributed by atoms with E-state index in [1.165, 1.54) is 12.1 Å². The molecule has 4 atom stereocenters. The second-order valence-corrected chi connectivity index (χ2v) is 13.5. The molecule has 0 fully saturated rings. The second-order valence-electron chi connectivity index (χ2n) is 13.5. The van der Waals surface area contributed by atoms with Gasteiger partial charge in [-0.15, -0.1) is 0 Å². The van der Waals surface area contributed by atoms with E-state index in [0.717, 1.165) is 16.7 Å². The van der Waals surface area contributed by atoms with Crippen LogP contribution in [0.15, 0.2) is 78.9 Å². The fraction of sp³-hybridized carbons (Fsp3) is 0.421. The Balaban J connectivity index is 1.75. The fourth-order valence-corrected chi connectivity index (χ4v) is 5.06. The number of benzene rings is 3. The van der Waals surface area contributed by atoms with Crippen molar-refractivity contribution < 1.29 is 29.0 Å². The summed E-state index contributed by atoms with van der Waals surface area (Å²) in [6.45, 7) is 13.0. The van der Waals surface area contributed by atoms with Gasteiger partial charge in [0.25, 0.3) is 0 Å². The second kappa shape index (κ2) is 17.5. The number of hydrogen-bond donors (Lipinski definition) is 5. The molecule has 48 heavy (non-hydrogen) atoms.